The van der Waals surface area contributed by atoms with Gasteiger partial charge >= 0.3 is 0 Å². The number of aromatic amines is 1. The average molecular weight is 390 g/mol. The number of aryl methyl sites for hydroxylation is 1. The summed E-state index contributed by atoms with van der Waals surface area (Å²) in [4.78, 5) is 34.6. The molecule has 0 aliphatic carbocycles. The highest BCUT2D eigenvalue weighted by atomic mass is 16.2. The lowest BCUT2D eigenvalue weighted by Gasteiger charge is -2.27. The molecule has 1 aromatic carbocycles. The van der Waals surface area contributed by atoms with Gasteiger partial charge in [-0.25, -0.2) is 15.0 Å². The second kappa shape index (κ2) is 7.55. The first-order chi connectivity index (χ1) is 14.2. The molecule has 1 amide bonds. The van der Waals surface area contributed by atoms with E-state index in [1.54, 1.807) is 0 Å². The fraction of sp³-hybridized carbons (Fsp3) is 0.455. The number of H-pyrrole nitrogens is 1. The topological polar surface area (TPSA) is 78.0 Å². The minimum atomic E-state index is 0.00290. The first kappa shape index (κ1) is 18.2. The van der Waals surface area contributed by atoms with E-state index in [-0.39, 0.29) is 11.9 Å². The number of likely N-dealkylation sites (tertiary alicyclic amines) is 1. The van der Waals surface area contributed by atoms with Gasteiger partial charge in [-0.05, 0) is 32.0 Å². The first-order valence-electron chi connectivity index (χ1n) is 10.4. The molecule has 1 atom stereocenters. The summed E-state index contributed by atoms with van der Waals surface area (Å²) in [5.74, 6) is 1.83. The largest absolute Gasteiger partial charge is 0.342 e. The zero-order valence-electron chi connectivity index (χ0n) is 16.8. The monoisotopic (exact) mass is 390 g/mol. The summed E-state index contributed by atoms with van der Waals surface area (Å²) in [7, 11) is 2.12. The molecule has 0 unspecified atom stereocenters. The number of likely N-dealkylation sites (N-methyl/N-ethyl adjacent to an activating group) is 1. The molecule has 2 aromatic heterocycles. The summed E-state index contributed by atoms with van der Waals surface area (Å²) in [5.41, 5.74) is 4.32. The van der Waals surface area contributed by atoms with Crippen molar-refractivity contribution in [3.05, 3.63) is 53.4 Å². The number of aromatic nitrogens is 4. The molecule has 0 radical (unpaired) electrons. The number of amides is 1. The Kier molecular flexibility index (Phi) is 4.75. The predicted octanol–water partition coefficient (Wildman–Crippen LogP) is 2.64. The van der Waals surface area contributed by atoms with Gasteiger partial charge in [-0.2, -0.15) is 0 Å². The first-order valence-corrected chi connectivity index (χ1v) is 10.4. The molecule has 0 bridgehead atoms. The van der Waals surface area contributed by atoms with E-state index in [0.29, 0.717) is 12.8 Å². The molecular formula is C22H26N6O. The number of carbonyl (C=O) groups excluding carboxylic acids is 1. The summed E-state index contributed by atoms with van der Waals surface area (Å²) in [5, 5.41) is 0. The maximum absolute atomic E-state index is 13.0. The maximum Gasteiger partial charge on any atom is 0.223 e. The van der Waals surface area contributed by atoms with Crippen LogP contribution in [0.3, 0.4) is 0 Å². The van der Waals surface area contributed by atoms with Crippen molar-refractivity contribution < 1.29 is 4.79 Å². The molecule has 0 spiro atoms. The van der Waals surface area contributed by atoms with Crippen molar-refractivity contribution in [1.29, 1.82) is 0 Å². The number of nitrogens with one attached hydrogen (secondary N) is 1. The van der Waals surface area contributed by atoms with E-state index in [0.717, 1.165) is 67.3 Å². The zero-order valence-corrected chi connectivity index (χ0v) is 16.8. The summed E-state index contributed by atoms with van der Waals surface area (Å²) in [6.45, 7) is 2.71. The lowest BCUT2D eigenvalue weighted by Crippen LogP contribution is -2.33. The van der Waals surface area contributed by atoms with Crippen LogP contribution in [0.4, 0.5) is 0 Å². The quantitative estimate of drug-likeness (QED) is 0.741. The Bertz CT molecular complexity index is 1010. The molecule has 3 aromatic rings. The number of carbonyl (C=O) groups is 1. The number of para-hydroxylation sites is 2. The third-order valence-electron chi connectivity index (χ3n) is 6.03. The molecule has 2 aliphatic rings. The normalized spacial score (nSPS) is 19.6. The number of rotatable bonds is 4. The van der Waals surface area contributed by atoms with Crippen molar-refractivity contribution in [3.8, 4) is 0 Å². The highest BCUT2D eigenvalue weighted by Gasteiger charge is 2.32. The Balaban J connectivity index is 1.28. The Morgan fingerprint density at radius 1 is 1.24 bits per heavy atom. The van der Waals surface area contributed by atoms with Crippen LogP contribution in [0.2, 0.25) is 0 Å². The van der Waals surface area contributed by atoms with Gasteiger partial charge in [0.2, 0.25) is 5.91 Å². The van der Waals surface area contributed by atoms with Crippen LogP contribution < -0.4 is 0 Å². The molecule has 4 heterocycles. The van der Waals surface area contributed by atoms with Crippen LogP contribution in [-0.4, -0.2) is 55.8 Å². The Hall–Kier alpha value is -2.80. The van der Waals surface area contributed by atoms with Crippen LogP contribution in [0.5, 0.6) is 0 Å². The fourth-order valence-electron chi connectivity index (χ4n) is 4.46. The number of hydrogen-bond donors (Lipinski definition) is 1. The molecule has 150 valence electrons. The molecule has 2 aliphatic heterocycles. The van der Waals surface area contributed by atoms with Crippen LogP contribution >= 0.6 is 0 Å². The smallest absolute Gasteiger partial charge is 0.223 e. The molecule has 1 N–H and O–H groups in total. The predicted molar refractivity (Wildman–Crippen MR) is 110 cm³/mol. The summed E-state index contributed by atoms with van der Waals surface area (Å²) < 4.78 is 0. The van der Waals surface area contributed by atoms with E-state index in [2.05, 4.69) is 26.9 Å². The molecule has 0 saturated carbocycles. The van der Waals surface area contributed by atoms with Gasteiger partial charge in [0.25, 0.3) is 0 Å². The van der Waals surface area contributed by atoms with Gasteiger partial charge < -0.3 is 14.8 Å². The van der Waals surface area contributed by atoms with Crippen molar-refractivity contribution >= 4 is 16.9 Å². The SMILES string of the molecule is CN1CCc2nc([C@@H]3CCCN3C(=O)CCc3nc4ccccc4[nH]3)ncc2C1. The fourth-order valence-corrected chi connectivity index (χ4v) is 4.46. The van der Waals surface area contributed by atoms with Crippen molar-refractivity contribution in [2.24, 2.45) is 0 Å². The maximum atomic E-state index is 13.0. The van der Waals surface area contributed by atoms with Crippen LogP contribution in [0, 0.1) is 0 Å². The second-order valence-corrected chi connectivity index (χ2v) is 8.13. The minimum absolute atomic E-state index is 0.00290. The van der Waals surface area contributed by atoms with Crippen LogP contribution in [-0.2, 0) is 24.2 Å². The van der Waals surface area contributed by atoms with E-state index >= 15 is 0 Å². The average Bonchev–Trinajstić information content (AvgIpc) is 3.38. The Morgan fingerprint density at radius 3 is 3.03 bits per heavy atom. The molecule has 7 heteroatoms. The second-order valence-electron chi connectivity index (χ2n) is 8.13. The van der Waals surface area contributed by atoms with Gasteiger partial charge in [0.15, 0.2) is 5.82 Å². The number of imidazole rings is 1. The van der Waals surface area contributed by atoms with Gasteiger partial charge in [-0.15, -0.1) is 0 Å². The number of nitrogens with zero attached hydrogens (tertiary/aromatic N) is 5. The van der Waals surface area contributed by atoms with E-state index in [1.165, 1.54) is 5.56 Å². The third kappa shape index (κ3) is 3.62. The molecule has 7 nitrogen and oxygen atoms in total. The lowest BCUT2D eigenvalue weighted by atomic mass is 10.1. The molecular weight excluding hydrogens is 364 g/mol. The van der Waals surface area contributed by atoms with Crippen molar-refractivity contribution in [1.82, 2.24) is 29.7 Å². The summed E-state index contributed by atoms with van der Waals surface area (Å²) >= 11 is 0. The van der Waals surface area contributed by atoms with Crippen LogP contribution in [0.15, 0.2) is 30.5 Å². The van der Waals surface area contributed by atoms with Crippen LogP contribution in [0.1, 0.15) is 48.2 Å². The van der Waals surface area contributed by atoms with Crippen molar-refractivity contribution in [2.45, 2.75) is 44.7 Å². The zero-order chi connectivity index (χ0) is 19.8. The van der Waals surface area contributed by atoms with E-state index in [1.807, 2.05) is 35.4 Å². The third-order valence-corrected chi connectivity index (χ3v) is 6.03. The Morgan fingerprint density at radius 2 is 2.14 bits per heavy atom. The molecule has 1 saturated heterocycles. The van der Waals surface area contributed by atoms with E-state index < -0.39 is 0 Å². The molecule has 1 fully saturated rings. The highest BCUT2D eigenvalue weighted by Crippen LogP contribution is 2.31. The molecule has 29 heavy (non-hydrogen) atoms. The lowest BCUT2D eigenvalue weighted by molar-refractivity contribution is -0.132. The Labute approximate surface area is 170 Å². The van der Waals surface area contributed by atoms with Crippen molar-refractivity contribution in [3.63, 3.8) is 0 Å². The van der Waals surface area contributed by atoms with E-state index in [4.69, 9.17) is 4.98 Å². The number of hydrogen-bond acceptors (Lipinski definition) is 5. The van der Waals surface area contributed by atoms with Gasteiger partial charge in [0, 0.05) is 56.4 Å². The van der Waals surface area contributed by atoms with E-state index in [9.17, 15) is 4.79 Å². The number of benzene rings is 1. The van der Waals surface area contributed by atoms with Gasteiger partial charge in [0.05, 0.1) is 17.1 Å². The van der Waals surface area contributed by atoms with Crippen LogP contribution in [0.25, 0.3) is 11.0 Å². The summed E-state index contributed by atoms with van der Waals surface area (Å²) in [6, 6.07) is 7.96. The standard InChI is InChI=1S/C22H26N6O/c1-27-12-10-16-15(14-27)13-23-22(26-16)19-7-4-11-28(19)21(29)9-8-20-24-17-5-2-3-6-18(17)25-20/h2-3,5-6,13,19H,4,7-12,14H2,1H3,(H,24,25)/t19-/m0/s1. The minimum Gasteiger partial charge on any atom is -0.342 e. The van der Waals surface area contributed by atoms with Crippen molar-refractivity contribution in [2.75, 3.05) is 20.1 Å². The van der Waals surface area contributed by atoms with Gasteiger partial charge in [-0.1, -0.05) is 12.1 Å². The molecule has 5 rings (SSSR count). The van der Waals surface area contributed by atoms with Gasteiger partial charge in [0.1, 0.15) is 5.82 Å². The van der Waals surface area contributed by atoms with Gasteiger partial charge in [-0.3, -0.25) is 4.79 Å². The highest BCUT2D eigenvalue weighted by molar-refractivity contribution is 5.78. The number of fused-ring (bicyclic) bond motifs is 2. The summed E-state index contributed by atoms with van der Waals surface area (Å²) in [6.07, 6.45) is 5.93.